The molecule has 0 radical (unpaired) electrons. The van der Waals surface area contributed by atoms with E-state index in [2.05, 4.69) is 6.07 Å². The van der Waals surface area contributed by atoms with E-state index in [1.54, 1.807) is 7.11 Å². The van der Waals surface area contributed by atoms with Crippen LogP contribution in [0, 0.1) is 0 Å². The van der Waals surface area contributed by atoms with Crippen molar-refractivity contribution in [2.75, 3.05) is 13.7 Å². The Kier molecular flexibility index (Phi) is 2.67. The van der Waals surface area contributed by atoms with Crippen molar-refractivity contribution in [1.82, 2.24) is 0 Å². The van der Waals surface area contributed by atoms with Gasteiger partial charge >= 0.3 is 5.97 Å². The number of hydrogen-bond acceptors (Lipinski definition) is 3. The third-order valence-electron chi connectivity index (χ3n) is 3.41. The maximum absolute atomic E-state index is 11.6. The number of benzene rings is 2. The summed E-state index contributed by atoms with van der Waals surface area (Å²) in [4.78, 5) is 11.6. The predicted molar refractivity (Wildman–Crippen MR) is 68.8 cm³/mol. The van der Waals surface area contributed by atoms with Gasteiger partial charge in [0, 0.05) is 0 Å². The van der Waals surface area contributed by atoms with Crippen LogP contribution in [0.3, 0.4) is 0 Å². The highest BCUT2D eigenvalue weighted by Gasteiger charge is 2.27. The molecule has 1 aliphatic rings. The lowest BCUT2D eigenvalue weighted by Gasteiger charge is -2.08. The van der Waals surface area contributed by atoms with E-state index in [1.165, 1.54) is 0 Å². The number of methoxy groups -OCH3 is 1. The largest absolute Gasteiger partial charge is 0.497 e. The van der Waals surface area contributed by atoms with E-state index in [0.29, 0.717) is 6.61 Å². The molecule has 0 amide bonds. The van der Waals surface area contributed by atoms with Crippen LogP contribution < -0.4 is 4.74 Å². The summed E-state index contributed by atoms with van der Waals surface area (Å²) >= 11 is 0. The first kappa shape index (κ1) is 11.1. The van der Waals surface area contributed by atoms with Crippen molar-refractivity contribution in [1.29, 1.82) is 0 Å². The summed E-state index contributed by atoms with van der Waals surface area (Å²) < 4.78 is 10.2. The van der Waals surface area contributed by atoms with Gasteiger partial charge in [-0.1, -0.05) is 24.3 Å². The average molecular weight is 242 g/mol. The van der Waals surface area contributed by atoms with Crippen LogP contribution in [0.4, 0.5) is 0 Å². The van der Waals surface area contributed by atoms with Crippen LogP contribution in [0.15, 0.2) is 36.4 Å². The van der Waals surface area contributed by atoms with Crippen LogP contribution in [0.5, 0.6) is 5.75 Å². The number of rotatable bonds is 2. The molecule has 0 N–H and O–H groups in total. The molecule has 1 atom stereocenters. The normalized spacial score (nSPS) is 18.9. The van der Waals surface area contributed by atoms with Gasteiger partial charge in [0.05, 0.1) is 19.6 Å². The minimum atomic E-state index is -0.108. The molecular weight excluding hydrogens is 228 g/mol. The number of ether oxygens (including phenoxy) is 2. The van der Waals surface area contributed by atoms with Gasteiger partial charge < -0.3 is 9.47 Å². The number of fused-ring (bicyclic) bond motifs is 1. The summed E-state index contributed by atoms with van der Waals surface area (Å²) in [5.41, 5.74) is 1.04. The van der Waals surface area contributed by atoms with Crippen LogP contribution >= 0.6 is 0 Å². The molecule has 3 rings (SSSR count). The third kappa shape index (κ3) is 1.82. The molecular formula is C15H14O3. The highest BCUT2D eigenvalue weighted by Crippen LogP contribution is 2.30. The highest BCUT2D eigenvalue weighted by molar-refractivity contribution is 5.87. The molecule has 0 bridgehead atoms. The predicted octanol–water partition coefficient (Wildman–Crippen LogP) is 2.88. The van der Waals surface area contributed by atoms with Crippen LogP contribution in [-0.4, -0.2) is 19.7 Å². The highest BCUT2D eigenvalue weighted by atomic mass is 16.5. The Morgan fingerprint density at radius 2 is 1.94 bits per heavy atom. The molecule has 3 heteroatoms. The first-order valence-electron chi connectivity index (χ1n) is 6.02. The molecule has 3 nitrogen and oxygen atoms in total. The maximum Gasteiger partial charge on any atom is 0.313 e. The van der Waals surface area contributed by atoms with Gasteiger partial charge in [-0.3, -0.25) is 4.79 Å². The molecule has 1 saturated heterocycles. The van der Waals surface area contributed by atoms with Gasteiger partial charge in [0.25, 0.3) is 0 Å². The van der Waals surface area contributed by atoms with Crippen LogP contribution in [0.25, 0.3) is 10.8 Å². The molecule has 18 heavy (non-hydrogen) atoms. The standard InChI is InChI=1S/C15H14O3/c1-17-13-5-4-10-8-12(3-2-11(10)9-13)14-6-7-18-15(14)16/h2-5,8-9,14H,6-7H2,1H3. The summed E-state index contributed by atoms with van der Waals surface area (Å²) in [5.74, 6) is 0.634. The Balaban J connectivity index is 2.03. The molecule has 0 aromatic heterocycles. The zero-order valence-corrected chi connectivity index (χ0v) is 10.2. The number of carbonyl (C=O) groups is 1. The van der Waals surface area contributed by atoms with Crippen molar-refractivity contribution >= 4 is 16.7 Å². The smallest absolute Gasteiger partial charge is 0.313 e. The molecule has 0 spiro atoms. The molecule has 2 aromatic rings. The minimum absolute atomic E-state index is 0.100. The second-order valence-electron chi connectivity index (χ2n) is 4.48. The Labute approximate surface area is 105 Å². The zero-order chi connectivity index (χ0) is 12.5. The van der Waals surface area contributed by atoms with E-state index in [0.717, 1.165) is 28.5 Å². The number of cyclic esters (lactones) is 1. The maximum atomic E-state index is 11.6. The van der Waals surface area contributed by atoms with Crippen molar-refractivity contribution in [3.05, 3.63) is 42.0 Å². The van der Waals surface area contributed by atoms with Crippen molar-refractivity contribution in [3.63, 3.8) is 0 Å². The number of esters is 1. The first-order valence-corrected chi connectivity index (χ1v) is 6.02. The second kappa shape index (κ2) is 4.33. The van der Waals surface area contributed by atoms with Crippen molar-refractivity contribution < 1.29 is 14.3 Å². The van der Waals surface area contributed by atoms with Crippen LogP contribution in [0.1, 0.15) is 17.9 Å². The zero-order valence-electron chi connectivity index (χ0n) is 10.2. The Morgan fingerprint density at radius 1 is 1.17 bits per heavy atom. The van der Waals surface area contributed by atoms with Gasteiger partial charge in [-0.25, -0.2) is 0 Å². The summed E-state index contributed by atoms with van der Waals surface area (Å²) in [7, 11) is 1.66. The summed E-state index contributed by atoms with van der Waals surface area (Å²) in [6.45, 7) is 0.532. The topological polar surface area (TPSA) is 35.5 Å². The lowest BCUT2D eigenvalue weighted by Crippen LogP contribution is -2.05. The van der Waals surface area contributed by atoms with E-state index in [9.17, 15) is 4.79 Å². The van der Waals surface area contributed by atoms with Crippen molar-refractivity contribution in [2.24, 2.45) is 0 Å². The van der Waals surface area contributed by atoms with Gasteiger partial charge in [-0.15, -0.1) is 0 Å². The lowest BCUT2D eigenvalue weighted by atomic mass is 9.95. The molecule has 1 unspecified atom stereocenters. The van der Waals surface area contributed by atoms with Gasteiger partial charge in [0.2, 0.25) is 0 Å². The van der Waals surface area contributed by atoms with Crippen molar-refractivity contribution in [3.8, 4) is 5.75 Å². The Hall–Kier alpha value is -2.03. The number of carbonyl (C=O) groups excluding carboxylic acids is 1. The Bertz CT molecular complexity index is 604. The lowest BCUT2D eigenvalue weighted by molar-refractivity contribution is -0.139. The van der Waals surface area contributed by atoms with E-state index in [1.807, 2.05) is 30.3 Å². The van der Waals surface area contributed by atoms with E-state index in [-0.39, 0.29) is 11.9 Å². The van der Waals surface area contributed by atoms with E-state index >= 15 is 0 Å². The minimum Gasteiger partial charge on any atom is -0.497 e. The fourth-order valence-electron chi connectivity index (χ4n) is 2.38. The molecule has 0 saturated carbocycles. The fourth-order valence-corrected chi connectivity index (χ4v) is 2.38. The molecule has 1 fully saturated rings. The Morgan fingerprint density at radius 3 is 2.67 bits per heavy atom. The molecule has 92 valence electrons. The van der Waals surface area contributed by atoms with Gasteiger partial charge in [-0.05, 0) is 34.9 Å². The summed E-state index contributed by atoms with van der Waals surface area (Å²) in [6, 6.07) is 12.0. The van der Waals surface area contributed by atoms with E-state index < -0.39 is 0 Å². The SMILES string of the molecule is COc1ccc2cc(C3CCOC3=O)ccc2c1. The summed E-state index contributed by atoms with van der Waals surface area (Å²) in [6.07, 6.45) is 0.778. The van der Waals surface area contributed by atoms with Gasteiger partial charge in [-0.2, -0.15) is 0 Å². The second-order valence-corrected chi connectivity index (χ2v) is 4.48. The average Bonchev–Trinajstić information content (AvgIpc) is 2.84. The molecule has 1 aliphatic heterocycles. The van der Waals surface area contributed by atoms with Crippen LogP contribution in [0.2, 0.25) is 0 Å². The summed E-state index contributed by atoms with van der Waals surface area (Å²) in [5, 5.41) is 2.23. The van der Waals surface area contributed by atoms with Crippen LogP contribution in [-0.2, 0) is 9.53 Å². The third-order valence-corrected chi connectivity index (χ3v) is 3.41. The fraction of sp³-hybridized carbons (Fsp3) is 0.267. The monoisotopic (exact) mass is 242 g/mol. The quantitative estimate of drug-likeness (QED) is 0.760. The first-order chi connectivity index (χ1) is 8.78. The molecule has 2 aromatic carbocycles. The van der Waals surface area contributed by atoms with Crippen molar-refractivity contribution in [2.45, 2.75) is 12.3 Å². The molecule has 0 aliphatic carbocycles. The van der Waals surface area contributed by atoms with Gasteiger partial charge in [0.15, 0.2) is 0 Å². The molecule has 1 heterocycles. The van der Waals surface area contributed by atoms with E-state index in [4.69, 9.17) is 9.47 Å². The van der Waals surface area contributed by atoms with Gasteiger partial charge in [0.1, 0.15) is 5.75 Å². The number of hydrogen-bond donors (Lipinski definition) is 0.